The highest BCUT2D eigenvalue weighted by atomic mass is 19.1. The molecule has 0 spiro atoms. The van der Waals surface area contributed by atoms with Crippen LogP contribution in [0.15, 0.2) is 29.3 Å². The Bertz CT molecular complexity index is 715. The van der Waals surface area contributed by atoms with Crippen LogP contribution in [0, 0.1) is 12.7 Å². The van der Waals surface area contributed by atoms with E-state index in [9.17, 15) is 4.39 Å². The lowest BCUT2D eigenvalue weighted by Crippen LogP contribution is -2.38. The maximum atomic E-state index is 13.8. The van der Waals surface area contributed by atoms with E-state index in [-0.39, 0.29) is 12.4 Å². The van der Waals surface area contributed by atoms with Crippen molar-refractivity contribution in [2.75, 3.05) is 19.8 Å². The monoisotopic (exact) mass is 362 g/mol. The predicted octanol–water partition coefficient (Wildman–Crippen LogP) is 1.92. The normalized spacial score (nSPS) is 11.6. The number of aryl methyl sites for hydroxylation is 1. The van der Waals surface area contributed by atoms with E-state index in [1.165, 1.54) is 6.07 Å². The van der Waals surface area contributed by atoms with Gasteiger partial charge in [0, 0.05) is 32.4 Å². The summed E-state index contributed by atoms with van der Waals surface area (Å²) in [6.07, 6.45) is 0.858. The van der Waals surface area contributed by atoms with E-state index < -0.39 is 0 Å². The van der Waals surface area contributed by atoms with Gasteiger partial charge in [-0.3, -0.25) is 0 Å². The second-order valence-corrected chi connectivity index (χ2v) is 5.81. The molecule has 0 amide bonds. The van der Waals surface area contributed by atoms with Crippen LogP contribution < -0.4 is 10.6 Å². The average Bonchev–Trinajstić information content (AvgIpc) is 2.96. The fourth-order valence-corrected chi connectivity index (χ4v) is 2.26. The molecule has 0 aliphatic heterocycles. The Morgan fingerprint density at radius 1 is 1.27 bits per heavy atom. The Morgan fingerprint density at radius 3 is 2.77 bits per heavy atom. The number of rotatable bonds is 9. The lowest BCUT2D eigenvalue weighted by Gasteiger charge is -2.13. The number of nitrogens with zero attached hydrogens (tertiary/aromatic N) is 4. The molecule has 2 N–H and O–H groups in total. The van der Waals surface area contributed by atoms with Crippen molar-refractivity contribution < 1.29 is 9.13 Å². The van der Waals surface area contributed by atoms with Crippen molar-refractivity contribution in [2.45, 2.75) is 33.4 Å². The van der Waals surface area contributed by atoms with Crippen LogP contribution in [0.25, 0.3) is 0 Å². The van der Waals surface area contributed by atoms with Crippen molar-refractivity contribution >= 4 is 5.96 Å². The molecule has 1 aromatic heterocycles. The van der Waals surface area contributed by atoms with Gasteiger partial charge in [-0.2, -0.15) is 0 Å². The van der Waals surface area contributed by atoms with Crippen LogP contribution in [-0.4, -0.2) is 40.5 Å². The summed E-state index contributed by atoms with van der Waals surface area (Å²) in [6.45, 7) is 6.71. The molecule has 0 atom stereocenters. The first-order chi connectivity index (χ1) is 12.6. The first-order valence-electron chi connectivity index (χ1n) is 8.80. The lowest BCUT2D eigenvalue weighted by atomic mass is 10.2. The molecule has 0 fully saturated rings. The third-order valence-electron chi connectivity index (χ3n) is 3.92. The molecule has 0 aliphatic rings. The highest BCUT2D eigenvalue weighted by molar-refractivity contribution is 5.79. The van der Waals surface area contributed by atoms with E-state index in [2.05, 4.69) is 25.8 Å². The molecule has 0 radical (unpaired) electrons. The molecule has 2 rings (SSSR count). The molecule has 26 heavy (non-hydrogen) atoms. The number of guanidine groups is 1. The highest BCUT2D eigenvalue weighted by Gasteiger charge is 2.07. The minimum Gasteiger partial charge on any atom is -0.382 e. The third-order valence-corrected chi connectivity index (χ3v) is 3.92. The lowest BCUT2D eigenvalue weighted by molar-refractivity contribution is 0.145. The topological polar surface area (TPSA) is 76.4 Å². The zero-order valence-corrected chi connectivity index (χ0v) is 15.6. The Hall–Kier alpha value is -2.48. The fourth-order valence-electron chi connectivity index (χ4n) is 2.26. The minimum atomic E-state index is -0.254. The second-order valence-electron chi connectivity index (χ2n) is 5.81. The molecule has 8 heteroatoms. The Balaban J connectivity index is 1.97. The van der Waals surface area contributed by atoms with Crippen LogP contribution in [0.4, 0.5) is 4.39 Å². The van der Waals surface area contributed by atoms with Crippen LogP contribution in [-0.2, 0) is 24.9 Å². The molecule has 1 aromatic carbocycles. The Kier molecular flexibility index (Phi) is 8.01. The fraction of sp³-hybridized carbons (Fsp3) is 0.500. The number of nitrogens with one attached hydrogen (secondary N) is 2. The summed E-state index contributed by atoms with van der Waals surface area (Å²) >= 11 is 0. The van der Waals surface area contributed by atoms with Gasteiger partial charge in [-0.1, -0.05) is 18.2 Å². The zero-order chi connectivity index (χ0) is 18.8. The number of hydrogen-bond donors (Lipinski definition) is 2. The van der Waals surface area contributed by atoms with Crippen molar-refractivity contribution in [2.24, 2.45) is 12.0 Å². The summed E-state index contributed by atoms with van der Waals surface area (Å²) in [6, 6.07) is 6.65. The number of benzene rings is 1. The molecule has 0 aliphatic carbocycles. The number of halogens is 1. The van der Waals surface area contributed by atoms with Gasteiger partial charge in [0.1, 0.15) is 11.6 Å². The molecular weight excluding hydrogens is 335 g/mol. The van der Waals surface area contributed by atoms with Crippen LogP contribution in [0.1, 0.15) is 30.6 Å². The quantitative estimate of drug-likeness (QED) is 0.405. The van der Waals surface area contributed by atoms with Gasteiger partial charge in [-0.25, -0.2) is 9.38 Å². The summed E-state index contributed by atoms with van der Waals surface area (Å²) in [5.41, 5.74) is 0.553. The predicted molar refractivity (Wildman–Crippen MR) is 99.2 cm³/mol. The number of ether oxygens (including phenoxy) is 1. The van der Waals surface area contributed by atoms with E-state index >= 15 is 0 Å². The van der Waals surface area contributed by atoms with Gasteiger partial charge in [-0.05, 0) is 26.3 Å². The molecule has 0 saturated heterocycles. The number of hydrogen-bond acceptors (Lipinski definition) is 4. The molecule has 0 bridgehead atoms. The van der Waals surface area contributed by atoms with Gasteiger partial charge in [0.2, 0.25) is 0 Å². The van der Waals surface area contributed by atoms with E-state index in [4.69, 9.17) is 4.74 Å². The first-order valence-corrected chi connectivity index (χ1v) is 8.80. The maximum absolute atomic E-state index is 13.8. The Morgan fingerprint density at radius 2 is 2.08 bits per heavy atom. The van der Waals surface area contributed by atoms with Crippen molar-refractivity contribution in [1.29, 1.82) is 0 Å². The van der Waals surface area contributed by atoms with Gasteiger partial charge < -0.3 is 19.9 Å². The second kappa shape index (κ2) is 10.5. The van der Waals surface area contributed by atoms with E-state index in [1.54, 1.807) is 18.2 Å². The van der Waals surface area contributed by atoms with Crippen LogP contribution >= 0.6 is 0 Å². The standard InChI is InChI=1S/C18H27FN6O/c1-4-26-11-7-10-20-18(21-12-15-8-5-6-9-16(15)19)22-13-17-24-23-14(2)25(17)3/h5-6,8-9H,4,7,10-13H2,1-3H3,(H2,20,21,22). The van der Waals surface area contributed by atoms with Crippen molar-refractivity contribution in [3.8, 4) is 0 Å². The average molecular weight is 362 g/mol. The third kappa shape index (κ3) is 6.11. The molecule has 142 valence electrons. The molecule has 1 heterocycles. The summed E-state index contributed by atoms with van der Waals surface area (Å²) in [5.74, 6) is 2.00. The summed E-state index contributed by atoms with van der Waals surface area (Å²) < 4.78 is 21.0. The molecule has 7 nitrogen and oxygen atoms in total. The largest absolute Gasteiger partial charge is 0.382 e. The van der Waals surface area contributed by atoms with E-state index in [0.717, 1.165) is 18.1 Å². The first kappa shape index (κ1) is 19.8. The molecule has 2 aromatic rings. The van der Waals surface area contributed by atoms with Crippen molar-refractivity contribution in [1.82, 2.24) is 25.4 Å². The van der Waals surface area contributed by atoms with Gasteiger partial charge in [-0.15, -0.1) is 10.2 Å². The van der Waals surface area contributed by atoms with Crippen LogP contribution in [0.2, 0.25) is 0 Å². The number of aliphatic imine (C=N–C) groups is 1. The molecular formula is C18H27FN6O. The van der Waals surface area contributed by atoms with Crippen molar-refractivity contribution in [3.05, 3.63) is 47.3 Å². The van der Waals surface area contributed by atoms with E-state index in [0.29, 0.717) is 37.8 Å². The smallest absolute Gasteiger partial charge is 0.191 e. The van der Waals surface area contributed by atoms with Gasteiger partial charge in [0.25, 0.3) is 0 Å². The van der Waals surface area contributed by atoms with Crippen LogP contribution in [0.5, 0.6) is 0 Å². The summed E-state index contributed by atoms with van der Waals surface area (Å²) in [7, 11) is 1.91. The SMILES string of the molecule is CCOCCCNC(=NCc1ccccc1F)NCc1nnc(C)n1C. The van der Waals surface area contributed by atoms with Gasteiger partial charge in [0.15, 0.2) is 11.8 Å². The van der Waals surface area contributed by atoms with Gasteiger partial charge in [0.05, 0.1) is 13.1 Å². The number of aromatic nitrogens is 3. The zero-order valence-electron chi connectivity index (χ0n) is 15.6. The Labute approximate surface area is 153 Å². The highest BCUT2D eigenvalue weighted by Crippen LogP contribution is 2.07. The molecule has 0 unspecified atom stereocenters. The molecule has 0 saturated carbocycles. The van der Waals surface area contributed by atoms with Crippen molar-refractivity contribution in [3.63, 3.8) is 0 Å². The van der Waals surface area contributed by atoms with Gasteiger partial charge >= 0.3 is 0 Å². The maximum Gasteiger partial charge on any atom is 0.191 e. The minimum absolute atomic E-state index is 0.254. The van der Waals surface area contributed by atoms with E-state index in [1.807, 2.05) is 25.5 Å². The summed E-state index contributed by atoms with van der Waals surface area (Å²) in [4.78, 5) is 4.48. The van der Waals surface area contributed by atoms with Crippen LogP contribution in [0.3, 0.4) is 0 Å². The summed E-state index contributed by atoms with van der Waals surface area (Å²) in [5, 5.41) is 14.6.